The van der Waals surface area contributed by atoms with E-state index in [0.717, 1.165) is 16.7 Å². The van der Waals surface area contributed by atoms with Crippen molar-refractivity contribution < 1.29 is 14.3 Å². The molecule has 2 aromatic rings. The van der Waals surface area contributed by atoms with Crippen LogP contribution in [0.4, 0.5) is 5.69 Å². The van der Waals surface area contributed by atoms with Crippen molar-refractivity contribution in [1.29, 1.82) is 0 Å². The number of ether oxygens (including phenoxy) is 1. The summed E-state index contributed by atoms with van der Waals surface area (Å²) in [6.07, 6.45) is 1.72. The average molecular weight is 382 g/mol. The number of nitrogens with zero attached hydrogens (tertiary/aromatic N) is 1. The first-order valence-corrected chi connectivity index (χ1v) is 8.90. The van der Waals surface area contributed by atoms with Gasteiger partial charge in [0.05, 0.1) is 23.9 Å². The first-order chi connectivity index (χ1) is 12.8. The summed E-state index contributed by atoms with van der Waals surface area (Å²) in [4.78, 5) is 27.1. The number of allylic oxidation sites excluding steroid dienone is 1. The van der Waals surface area contributed by atoms with Gasteiger partial charge in [0, 0.05) is 10.7 Å². The van der Waals surface area contributed by atoms with Crippen LogP contribution in [-0.4, -0.2) is 19.0 Å². The lowest BCUT2D eigenvalue weighted by Gasteiger charge is -2.18. The Morgan fingerprint density at radius 3 is 2.48 bits per heavy atom. The van der Waals surface area contributed by atoms with Gasteiger partial charge in [-0.2, -0.15) is 0 Å². The van der Waals surface area contributed by atoms with E-state index in [2.05, 4.69) is 0 Å². The van der Waals surface area contributed by atoms with Crippen LogP contribution >= 0.6 is 11.6 Å². The number of halogens is 1. The van der Waals surface area contributed by atoms with Gasteiger partial charge in [0.25, 0.3) is 5.91 Å². The minimum Gasteiger partial charge on any atom is -0.465 e. The van der Waals surface area contributed by atoms with Gasteiger partial charge in [-0.3, -0.25) is 9.69 Å². The van der Waals surface area contributed by atoms with Crippen molar-refractivity contribution in [3.8, 4) is 0 Å². The zero-order valence-corrected chi connectivity index (χ0v) is 16.4. The summed E-state index contributed by atoms with van der Waals surface area (Å²) in [5.41, 5.74) is 4.53. The molecule has 0 aromatic heterocycles. The molecule has 0 saturated heterocycles. The summed E-state index contributed by atoms with van der Waals surface area (Å²) >= 11 is 6.24. The number of methoxy groups -OCH3 is 1. The maximum absolute atomic E-state index is 13.2. The summed E-state index contributed by atoms with van der Waals surface area (Å²) in [5.74, 6) is -0.824. The molecule has 2 aromatic carbocycles. The summed E-state index contributed by atoms with van der Waals surface area (Å²) in [6.45, 7) is 5.60. The van der Waals surface area contributed by atoms with Crippen LogP contribution in [0.15, 0.2) is 59.3 Å². The Morgan fingerprint density at radius 1 is 1.11 bits per heavy atom. The quantitative estimate of drug-likeness (QED) is 0.565. The van der Waals surface area contributed by atoms with Crippen LogP contribution in [0.25, 0.3) is 6.08 Å². The summed E-state index contributed by atoms with van der Waals surface area (Å²) in [5, 5.41) is 0.559. The predicted molar refractivity (Wildman–Crippen MR) is 108 cm³/mol. The van der Waals surface area contributed by atoms with Gasteiger partial charge in [0.1, 0.15) is 0 Å². The van der Waals surface area contributed by atoms with Crippen LogP contribution in [0, 0.1) is 13.8 Å². The van der Waals surface area contributed by atoms with E-state index >= 15 is 0 Å². The number of amides is 1. The van der Waals surface area contributed by atoms with E-state index in [4.69, 9.17) is 16.3 Å². The molecule has 27 heavy (non-hydrogen) atoms. The summed E-state index contributed by atoms with van der Waals surface area (Å²) < 4.78 is 4.93. The monoisotopic (exact) mass is 381 g/mol. The molecule has 5 heteroatoms. The first-order valence-electron chi connectivity index (χ1n) is 8.52. The Bertz CT molecular complexity index is 1000. The number of hydrogen-bond donors (Lipinski definition) is 0. The highest BCUT2D eigenvalue weighted by atomic mass is 35.5. The number of anilines is 1. The predicted octanol–water partition coefficient (Wildman–Crippen LogP) is 4.83. The Balaban J connectivity index is 2.15. The van der Waals surface area contributed by atoms with E-state index in [0.29, 0.717) is 22.0 Å². The molecule has 1 aliphatic heterocycles. The standard InChI is InChI=1S/C22H20ClNO3/c1-13-6-5-7-16(10-13)11-18-20(22(26)27-4)15(3)24(21(18)25)17-9-8-14(2)19(23)12-17/h5-12H,1-4H3/b18-11-. The van der Waals surface area contributed by atoms with E-state index in [-0.39, 0.29) is 11.5 Å². The molecule has 0 aliphatic carbocycles. The highest BCUT2D eigenvalue weighted by Gasteiger charge is 2.38. The molecule has 1 amide bonds. The number of esters is 1. The van der Waals surface area contributed by atoms with Gasteiger partial charge in [-0.05, 0) is 50.1 Å². The summed E-state index contributed by atoms with van der Waals surface area (Å²) in [6, 6.07) is 13.1. The van der Waals surface area contributed by atoms with Gasteiger partial charge in [-0.15, -0.1) is 0 Å². The Labute approximate surface area is 163 Å². The number of carbonyl (C=O) groups is 2. The molecule has 0 unspecified atom stereocenters. The minimum absolute atomic E-state index is 0.265. The lowest BCUT2D eigenvalue weighted by molar-refractivity contribution is -0.136. The fourth-order valence-electron chi connectivity index (χ4n) is 3.14. The number of carbonyl (C=O) groups excluding carboxylic acids is 2. The normalized spacial score (nSPS) is 15.7. The number of hydrogen-bond acceptors (Lipinski definition) is 3. The van der Waals surface area contributed by atoms with Gasteiger partial charge in [0.15, 0.2) is 0 Å². The van der Waals surface area contributed by atoms with Crippen molar-refractivity contribution in [2.75, 3.05) is 12.0 Å². The highest BCUT2D eigenvalue weighted by molar-refractivity contribution is 6.32. The van der Waals surface area contributed by atoms with Crippen LogP contribution in [0.5, 0.6) is 0 Å². The molecule has 4 nitrogen and oxygen atoms in total. The molecule has 138 valence electrons. The lowest BCUT2D eigenvalue weighted by Crippen LogP contribution is -2.24. The van der Waals surface area contributed by atoms with Crippen molar-refractivity contribution in [2.24, 2.45) is 0 Å². The van der Waals surface area contributed by atoms with Crippen LogP contribution < -0.4 is 4.90 Å². The molecule has 0 atom stereocenters. The van der Waals surface area contributed by atoms with Crippen molar-refractivity contribution >= 4 is 35.2 Å². The second kappa shape index (κ2) is 7.41. The zero-order chi connectivity index (χ0) is 19.7. The zero-order valence-electron chi connectivity index (χ0n) is 15.7. The van der Waals surface area contributed by atoms with Crippen LogP contribution in [0.3, 0.4) is 0 Å². The van der Waals surface area contributed by atoms with Crippen molar-refractivity contribution in [3.05, 3.63) is 81.0 Å². The number of aryl methyl sites for hydroxylation is 2. The van der Waals surface area contributed by atoms with Gasteiger partial charge in [-0.25, -0.2) is 4.79 Å². The molecule has 3 rings (SSSR count). The first kappa shape index (κ1) is 18.9. The van der Waals surface area contributed by atoms with Crippen molar-refractivity contribution in [2.45, 2.75) is 20.8 Å². The summed E-state index contributed by atoms with van der Waals surface area (Å²) in [7, 11) is 1.31. The molecule has 0 bridgehead atoms. The van der Waals surface area contributed by atoms with Crippen LogP contribution in [-0.2, 0) is 14.3 Å². The SMILES string of the molecule is COC(=O)C1=C(C)N(c2ccc(C)c(Cl)c2)C(=O)/C1=C\c1cccc(C)c1. The Morgan fingerprint density at radius 2 is 1.85 bits per heavy atom. The van der Waals surface area contributed by atoms with Crippen molar-refractivity contribution in [1.82, 2.24) is 0 Å². The molecule has 0 N–H and O–H groups in total. The fourth-order valence-corrected chi connectivity index (χ4v) is 3.31. The third kappa shape index (κ3) is 3.53. The largest absolute Gasteiger partial charge is 0.465 e. The van der Waals surface area contributed by atoms with Gasteiger partial charge in [0.2, 0.25) is 0 Å². The fraction of sp³-hybridized carbons (Fsp3) is 0.182. The lowest BCUT2D eigenvalue weighted by atomic mass is 10.0. The molecule has 0 saturated carbocycles. The molecule has 1 aliphatic rings. The smallest absolute Gasteiger partial charge is 0.340 e. The number of benzene rings is 2. The third-order valence-electron chi connectivity index (χ3n) is 4.56. The average Bonchev–Trinajstić information content (AvgIpc) is 2.87. The minimum atomic E-state index is -0.541. The molecular formula is C22H20ClNO3. The van der Waals surface area contributed by atoms with Crippen LogP contribution in [0.1, 0.15) is 23.6 Å². The molecule has 1 heterocycles. The maximum atomic E-state index is 13.2. The van der Waals surface area contributed by atoms with Crippen molar-refractivity contribution in [3.63, 3.8) is 0 Å². The topological polar surface area (TPSA) is 46.6 Å². The Kier molecular flexibility index (Phi) is 5.19. The van der Waals surface area contributed by atoms with E-state index < -0.39 is 5.97 Å². The van der Waals surface area contributed by atoms with Gasteiger partial charge < -0.3 is 4.74 Å². The molecule has 0 fully saturated rings. The Hall–Kier alpha value is -2.85. The van der Waals surface area contributed by atoms with E-state index in [9.17, 15) is 9.59 Å². The van der Waals surface area contributed by atoms with Crippen LogP contribution in [0.2, 0.25) is 5.02 Å². The van der Waals surface area contributed by atoms with Gasteiger partial charge in [-0.1, -0.05) is 47.5 Å². The van der Waals surface area contributed by atoms with E-state index in [1.54, 1.807) is 19.1 Å². The molecule has 0 spiro atoms. The van der Waals surface area contributed by atoms with E-state index in [1.807, 2.05) is 50.2 Å². The molecule has 0 radical (unpaired) electrons. The second-order valence-electron chi connectivity index (χ2n) is 6.50. The molecular weight excluding hydrogens is 362 g/mol. The second-order valence-corrected chi connectivity index (χ2v) is 6.91. The number of rotatable bonds is 3. The third-order valence-corrected chi connectivity index (χ3v) is 4.96. The highest BCUT2D eigenvalue weighted by Crippen LogP contribution is 2.36. The maximum Gasteiger partial charge on any atom is 0.340 e. The van der Waals surface area contributed by atoms with E-state index in [1.165, 1.54) is 12.0 Å². The van der Waals surface area contributed by atoms with Gasteiger partial charge >= 0.3 is 5.97 Å².